The number of carbonyl (C=O) groups excluding carboxylic acids is 1. The number of carbonyl (C=O) groups is 1. The number of benzene rings is 2. The van der Waals surface area contributed by atoms with Gasteiger partial charge in [0.15, 0.2) is 0 Å². The molecule has 1 unspecified atom stereocenters. The van der Waals surface area contributed by atoms with Crippen LogP contribution in [0.15, 0.2) is 66.3 Å². The van der Waals surface area contributed by atoms with Gasteiger partial charge in [0, 0.05) is 18.3 Å². The van der Waals surface area contributed by atoms with Crippen molar-refractivity contribution >= 4 is 11.6 Å². The van der Waals surface area contributed by atoms with Crippen molar-refractivity contribution < 1.29 is 4.79 Å². The van der Waals surface area contributed by atoms with Gasteiger partial charge in [-0.2, -0.15) is 0 Å². The zero-order valence-corrected chi connectivity index (χ0v) is 19.6. The predicted molar refractivity (Wildman–Crippen MR) is 132 cm³/mol. The van der Waals surface area contributed by atoms with Crippen LogP contribution in [0.3, 0.4) is 0 Å². The molecule has 0 fully saturated rings. The average molecular weight is 417 g/mol. The monoisotopic (exact) mass is 416 g/mol. The zero-order valence-electron chi connectivity index (χ0n) is 19.6. The fourth-order valence-electron chi connectivity index (χ4n) is 3.90. The molecule has 0 spiro atoms. The fourth-order valence-corrected chi connectivity index (χ4v) is 3.90. The smallest absolute Gasteiger partial charge is 0.248 e. The van der Waals surface area contributed by atoms with Gasteiger partial charge < -0.3 is 4.90 Å². The standard InChI is InChI=1S/C28H36N2O/c1-20(2)29-27(25-9-7-6-8-10-25)28(31)30(26-16-13-22(4)23(5)19-26)18-17-24-14-11-21(3)12-15-24/h7,9-16,19-20,27,29H,6,8,17-18H2,1-5H3. The minimum atomic E-state index is -0.337. The van der Waals surface area contributed by atoms with Crippen LogP contribution in [0.25, 0.3) is 0 Å². The topological polar surface area (TPSA) is 32.3 Å². The highest BCUT2D eigenvalue weighted by Gasteiger charge is 2.28. The van der Waals surface area contributed by atoms with E-state index in [4.69, 9.17) is 0 Å². The molecule has 1 N–H and O–H groups in total. The molecular formula is C28H36N2O. The Morgan fingerprint density at radius 3 is 2.35 bits per heavy atom. The van der Waals surface area contributed by atoms with Gasteiger partial charge >= 0.3 is 0 Å². The van der Waals surface area contributed by atoms with Gasteiger partial charge in [-0.15, -0.1) is 0 Å². The van der Waals surface area contributed by atoms with Crippen LogP contribution < -0.4 is 10.2 Å². The molecule has 3 nitrogen and oxygen atoms in total. The summed E-state index contributed by atoms with van der Waals surface area (Å²) in [5.74, 6) is 0.113. The van der Waals surface area contributed by atoms with Crippen LogP contribution in [0, 0.1) is 20.8 Å². The van der Waals surface area contributed by atoms with Crippen molar-refractivity contribution in [1.29, 1.82) is 0 Å². The second-order valence-corrected chi connectivity index (χ2v) is 8.93. The van der Waals surface area contributed by atoms with Crippen LogP contribution in [0.4, 0.5) is 5.69 Å². The van der Waals surface area contributed by atoms with Gasteiger partial charge in [-0.3, -0.25) is 10.1 Å². The molecule has 0 aromatic heterocycles. The Kier molecular flexibility index (Phi) is 7.86. The number of nitrogens with zero attached hydrogens (tertiary/aromatic N) is 1. The molecule has 1 atom stereocenters. The average Bonchev–Trinajstić information content (AvgIpc) is 2.76. The van der Waals surface area contributed by atoms with Gasteiger partial charge in [0.2, 0.25) is 5.91 Å². The maximum Gasteiger partial charge on any atom is 0.248 e. The van der Waals surface area contributed by atoms with E-state index in [2.05, 4.69) is 101 Å². The van der Waals surface area contributed by atoms with Crippen LogP contribution in [0.2, 0.25) is 0 Å². The van der Waals surface area contributed by atoms with E-state index in [1.807, 2.05) is 4.90 Å². The summed E-state index contributed by atoms with van der Waals surface area (Å²) in [4.78, 5) is 15.9. The van der Waals surface area contributed by atoms with Gasteiger partial charge in [-0.1, -0.05) is 54.1 Å². The Bertz CT molecular complexity index is 953. The van der Waals surface area contributed by atoms with Crippen LogP contribution in [0.5, 0.6) is 0 Å². The number of anilines is 1. The number of rotatable bonds is 8. The molecule has 31 heavy (non-hydrogen) atoms. The number of hydrogen-bond acceptors (Lipinski definition) is 2. The zero-order chi connectivity index (χ0) is 22.4. The first-order chi connectivity index (χ1) is 14.8. The third kappa shape index (κ3) is 6.18. The van der Waals surface area contributed by atoms with Gasteiger partial charge in [0.25, 0.3) is 0 Å². The summed E-state index contributed by atoms with van der Waals surface area (Å²) in [6.07, 6.45) is 9.34. The Balaban J connectivity index is 1.92. The van der Waals surface area contributed by atoms with Gasteiger partial charge in [-0.05, 0) is 88.3 Å². The van der Waals surface area contributed by atoms with Gasteiger partial charge in [-0.25, -0.2) is 0 Å². The first kappa shape index (κ1) is 23.0. The quantitative estimate of drug-likeness (QED) is 0.587. The Morgan fingerprint density at radius 1 is 1.00 bits per heavy atom. The van der Waals surface area contributed by atoms with E-state index in [1.54, 1.807) is 0 Å². The Labute approximate surface area is 187 Å². The third-order valence-electron chi connectivity index (χ3n) is 5.92. The highest BCUT2D eigenvalue weighted by Crippen LogP contribution is 2.23. The SMILES string of the molecule is Cc1ccc(CCN(C(=O)C(NC(C)C)C2=CCCC=C2)c2ccc(C)c(C)c2)cc1. The largest absolute Gasteiger partial charge is 0.310 e. The molecule has 0 bridgehead atoms. The number of nitrogens with one attached hydrogen (secondary N) is 1. The van der Waals surface area contributed by atoms with E-state index in [0.29, 0.717) is 6.54 Å². The molecule has 2 aromatic rings. The first-order valence-electron chi connectivity index (χ1n) is 11.4. The van der Waals surface area contributed by atoms with Crippen molar-refractivity contribution in [3.63, 3.8) is 0 Å². The third-order valence-corrected chi connectivity index (χ3v) is 5.92. The molecule has 0 saturated carbocycles. The fraction of sp³-hybridized carbons (Fsp3) is 0.393. The number of amides is 1. The highest BCUT2D eigenvalue weighted by molar-refractivity contribution is 5.99. The summed E-state index contributed by atoms with van der Waals surface area (Å²) in [6.45, 7) is 11.2. The summed E-state index contributed by atoms with van der Waals surface area (Å²) in [7, 11) is 0. The minimum absolute atomic E-state index is 0.113. The summed E-state index contributed by atoms with van der Waals surface area (Å²) in [5.41, 5.74) is 6.99. The van der Waals surface area contributed by atoms with Gasteiger partial charge in [0.1, 0.15) is 6.04 Å². The van der Waals surface area contributed by atoms with Crippen LogP contribution in [0.1, 0.15) is 48.9 Å². The van der Waals surface area contributed by atoms with E-state index >= 15 is 0 Å². The lowest BCUT2D eigenvalue weighted by atomic mass is 9.97. The van der Waals surface area contributed by atoms with Crippen molar-refractivity contribution in [3.8, 4) is 0 Å². The van der Waals surface area contributed by atoms with Crippen molar-refractivity contribution in [2.24, 2.45) is 0 Å². The van der Waals surface area contributed by atoms with Crippen molar-refractivity contribution in [2.45, 2.75) is 66.0 Å². The van der Waals surface area contributed by atoms with Crippen LogP contribution in [-0.2, 0) is 11.2 Å². The molecule has 0 radical (unpaired) electrons. The molecule has 164 valence electrons. The second-order valence-electron chi connectivity index (χ2n) is 8.93. The Morgan fingerprint density at radius 2 is 1.74 bits per heavy atom. The molecule has 2 aromatic carbocycles. The van der Waals surface area contributed by atoms with Crippen LogP contribution >= 0.6 is 0 Å². The molecule has 1 aliphatic rings. The molecule has 3 heteroatoms. The summed E-state index contributed by atoms with van der Waals surface area (Å²) >= 11 is 0. The summed E-state index contributed by atoms with van der Waals surface area (Å²) in [5, 5.41) is 3.52. The van der Waals surface area contributed by atoms with Crippen molar-refractivity contribution in [1.82, 2.24) is 5.32 Å². The van der Waals surface area contributed by atoms with E-state index < -0.39 is 0 Å². The van der Waals surface area contributed by atoms with E-state index in [9.17, 15) is 4.79 Å². The molecule has 3 rings (SSSR count). The van der Waals surface area contributed by atoms with Crippen molar-refractivity contribution in [2.75, 3.05) is 11.4 Å². The molecule has 1 aliphatic carbocycles. The molecular weight excluding hydrogens is 380 g/mol. The molecule has 1 amide bonds. The summed E-state index contributed by atoms with van der Waals surface area (Å²) in [6, 6.07) is 14.8. The van der Waals surface area contributed by atoms with Gasteiger partial charge in [0.05, 0.1) is 0 Å². The highest BCUT2D eigenvalue weighted by atomic mass is 16.2. The van der Waals surface area contributed by atoms with E-state index in [1.165, 1.54) is 22.3 Å². The lowest BCUT2D eigenvalue weighted by Crippen LogP contribution is -2.50. The molecule has 0 aliphatic heterocycles. The maximum absolute atomic E-state index is 13.9. The maximum atomic E-state index is 13.9. The van der Waals surface area contributed by atoms with E-state index in [0.717, 1.165) is 30.5 Å². The lowest BCUT2D eigenvalue weighted by Gasteiger charge is -2.31. The van der Waals surface area contributed by atoms with E-state index in [-0.39, 0.29) is 18.0 Å². The first-order valence-corrected chi connectivity index (χ1v) is 11.4. The lowest BCUT2D eigenvalue weighted by molar-refractivity contribution is -0.119. The van der Waals surface area contributed by atoms with Crippen molar-refractivity contribution in [3.05, 3.63) is 88.5 Å². The number of allylic oxidation sites excluding steroid dienone is 2. The molecule has 0 heterocycles. The molecule has 0 saturated heterocycles. The number of hydrogen-bond donors (Lipinski definition) is 1. The van der Waals surface area contributed by atoms with Crippen LogP contribution in [-0.4, -0.2) is 24.5 Å². The normalized spacial score (nSPS) is 14.5. The Hall–Kier alpha value is -2.65. The minimum Gasteiger partial charge on any atom is -0.310 e. The second kappa shape index (κ2) is 10.6. The summed E-state index contributed by atoms with van der Waals surface area (Å²) < 4.78 is 0. The predicted octanol–water partition coefficient (Wildman–Crippen LogP) is 5.83. The number of aryl methyl sites for hydroxylation is 3.